The minimum absolute atomic E-state index is 0.398. The van der Waals surface area contributed by atoms with E-state index in [-0.39, 0.29) is 0 Å². The van der Waals surface area contributed by atoms with Crippen molar-refractivity contribution in [2.75, 3.05) is 46.3 Å². The van der Waals surface area contributed by atoms with Gasteiger partial charge >= 0.3 is 6.18 Å². The van der Waals surface area contributed by atoms with Crippen LogP contribution in [0.25, 0.3) is 0 Å². The molecule has 1 aliphatic heterocycles. The minimum atomic E-state index is -4.13. The van der Waals surface area contributed by atoms with Gasteiger partial charge in [0.25, 0.3) is 0 Å². The molecule has 1 heterocycles. The van der Waals surface area contributed by atoms with Crippen molar-refractivity contribution >= 4 is 5.96 Å². The molecule has 1 N–H and O–H groups in total. The Hall–Kier alpha value is -0.980. The summed E-state index contributed by atoms with van der Waals surface area (Å²) in [5.74, 6) is 2.17. The molecule has 7 heteroatoms. The lowest BCUT2D eigenvalue weighted by molar-refractivity contribution is -0.143. The van der Waals surface area contributed by atoms with Crippen LogP contribution in [-0.4, -0.2) is 68.3 Å². The van der Waals surface area contributed by atoms with Crippen molar-refractivity contribution in [1.29, 1.82) is 0 Å². The third kappa shape index (κ3) is 8.44. The van der Waals surface area contributed by atoms with Crippen molar-refractivity contribution in [2.24, 2.45) is 16.8 Å². The topological polar surface area (TPSA) is 30.9 Å². The zero-order chi connectivity index (χ0) is 17.5. The van der Waals surface area contributed by atoms with Crippen LogP contribution >= 0.6 is 0 Å². The molecule has 23 heavy (non-hydrogen) atoms. The number of hydrogen-bond donors (Lipinski definition) is 1. The van der Waals surface area contributed by atoms with E-state index in [9.17, 15) is 13.2 Å². The van der Waals surface area contributed by atoms with Crippen LogP contribution in [0, 0.1) is 11.8 Å². The Labute approximate surface area is 138 Å². The second-order valence-electron chi connectivity index (χ2n) is 6.79. The van der Waals surface area contributed by atoms with Crippen molar-refractivity contribution in [3.05, 3.63) is 0 Å². The number of nitrogens with zero attached hydrogens (tertiary/aromatic N) is 3. The van der Waals surface area contributed by atoms with Gasteiger partial charge in [0.1, 0.15) is 0 Å². The minimum Gasteiger partial charge on any atom is -0.357 e. The van der Waals surface area contributed by atoms with E-state index in [1.807, 2.05) is 6.92 Å². The van der Waals surface area contributed by atoms with E-state index in [2.05, 4.69) is 29.1 Å². The van der Waals surface area contributed by atoms with Crippen molar-refractivity contribution in [3.63, 3.8) is 0 Å². The molecule has 0 spiro atoms. The number of halogens is 3. The highest BCUT2D eigenvalue weighted by Gasteiger charge is 2.28. The molecule has 0 bridgehead atoms. The lowest BCUT2D eigenvalue weighted by Gasteiger charge is -2.37. The fourth-order valence-corrected chi connectivity index (χ4v) is 3.17. The second kappa shape index (κ2) is 9.35. The predicted molar refractivity (Wildman–Crippen MR) is 88.7 cm³/mol. The SMILES string of the molecule is CCNC(=NCCCN(C)CC(F)(F)F)N1CC(C)CC(C)C1. The summed E-state index contributed by atoms with van der Waals surface area (Å²) in [6.45, 7) is 9.39. The number of hydrogen-bond acceptors (Lipinski definition) is 2. The summed E-state index contributed by atoms with van der Waals surface area (Å²) in [5, 5.41) is 3.30. The van der Waals surface area contributed by atoms with E-state index >= 15 is 0 Å². The third-order valence-electron chi connectivity index (χ3n) is 3.91. The van der Waals surface area contributed by atoms with Crippen molar-refractivity contribution < 1.29 is 13.2 Å². The standard InChI is InChI=1S/C16H31F3N4/c1-5-20-15(23-10-13(2)9-14(3)11-23)21-7-6-8-22(4)12-16(17,18)19/h13-14H,5-12H2,1-4H3,(H,20,21). The van der Waals surface area contributed by atoms with E-state index in [0.29, 0.717) is 31.3 Å². The van der Waals surface area contributed by atoms with Crippen molar-refractivity contribution in [2.45, 2.75) is 39.8 Å². The molecule has 0 aromatic heterocycles. The fourth-order valence-electron chi connectivity index (χ4n) is 3.17. The number of nitrogens with one attached hydrogen (secondary N) is 1. The van der Waals surface area contributed by atoms with Gasteiger partial charge < -0.3 is 10.2 Å². The Kier molecular flexibility index (Phi) is 8.16. The first-order valence-corrected chi connectivity index (χ1v) is 8.49. The van der Waals surface area contributed by atoms with Gasteiger partial charge in [0.05, 0.1) is 6.54 Å². The van der Waals surface area contributed by atoms with Gasteiger partial charge in [-0.05, 0) is 45.2 Å². The number of rotatable bonds is 6. The first-order valence-electron chi connectivity index (χ1n) is 8.49. The Balaban J connectivity index is 2.46. The molecule has 0 saturated carbocycles. The molecule has 2 unspecified atom stereocenters. The van der Waals surface area contributed by atoms with Gasteiger partial charge in [0, 0.05) is 26.2 Å². The quantitative estimate of drug-likeness (QED) is 0.460. The first kappa shape index (κ1) is 20.1. The summed E-state index contributed by atoms with van der Waals surface area (Å²) in [5.41, 5.74) is 0. The van der Waals surface area contributed by atoms with Crippen LogP contribution in [0.4, 0.5) is 13.2 Å². The highest BCUT2D eigenvalue weighted by molar-refractivity contribution is 5.80. The van der Waals surface area contributed by atoms with Crippen LogP contribution in [0.3, 0.4) is 0 Å². The summed E-state index contributed by atoms with van der Waals surface area (Å²) in [4.78, 5) is 8.18. The normalized spacial score (nSPS) is 23.5. The van der Waals surface area contributed by atoms with Crippen LogP contribution in [0.1, 0.15) is 33.6 Å². The molecular weight excluding hydrogens is 305 g/mol. The predicted octanol–water partition coefficient (Wildman–Crippen LogP) is 2.81. The van der Waals surface area contributed by atoms with Gasteiger partial charge in [-0.2, -0.15) is 13.2 Å². The van der Waals surface area contributed by atoms with Gasteiger partial charge in [-0.15, -0.1) is 0 Å². The molecular formula is C16H31F3N4. The Bertz CT molecular complexity index is 361. The highest BCUT2D eigenvalue weighted by Crippen LogP contribution is 2.21. The van der Waals surface area contributed by atoms with E-state index in [0.717, 1.165) is 25.6 Å². The average molecular weight is 336 g/mol. The maximum Gasteiger partial charge on any atom is 0.401 e. The zero-order valence-electron chi connectivity index (χ0n) is 14.8. The zero-order valence-corrected chi connectivity index (χ0v) is 14.8. The van der Waals surface area contributed by atoms with Crippen molar-refractivity contribution in [1.82, 2.24) is 15.1 Å². The van der Waals surface area contributed by atoms with Gasteiger partial charge in [-0.1, -0.05) is 13.8 Å². The molecule has 1 saturated heterocycles. The molecule has 1 aliphatic rings. The van der Waals surface area contributed by atoms with Gasteiger partial charge in [-0.25, -0.2) is 0 Å². The lowest BCUT2D eigenvalue weighted by Crippen LogP contribution is -2.48. The molecule has 2 atom stereocenters. The average Bonchev–Trinajstić information content (AvgIpc) is 2.39. The smallest absolute Gasteiger partial charge is 0.357 e. The molecule has 0 aromatic carbocycles. The molecule has 1 fully saturated rings. The van der Waals surface area contributed by atoms with Gasteiger partial charge in [0.15, 0.2) is 5.96 Å². The molecule has 0 amide bonds. The van der Waals surface area contributed by atoms with Crippen LogP contribution in [0.2, 0.25) is 0 Å². The summed E-state index contributed by atoms with van der Waals surface area (Å²) in [6, 6.07) is 0. The van der Waals surface area contributed by atoms with Crippen LogP contribution in [0.5, 0.6) is 0 Å². The molecule has 0 aliphatic carbocycles. The Morgan fingerprint density at radius 2 is 1.87 bits per heavy atom. The van der Waals surface area contributed by atoms with Gasteiger partial charge in [0.2, 0.25) is 0 Å². The van der Waals surface area contributed by atoms with Crippen LogP contribution in [0.15, 0.2) is 4.99 Å². The molecule has 4 nitrogen and oxygen atoms in total. The summed E-state index contributed by atoms with van der Waals surface area (Å²) in [7, 11) is 1.50. The molecule has 136 valence electrons. The summed E-state index contributed by atoms with van der Waals surface area (Å²) < 4.78 is 36.8. The van der Waals surface area contributed by atoms with Crippen molar-refractivity contribution in [3.8, 4) is 0 Å². The van der Waals surface area contributed by atoms with Crippen LogP contribution in [-0.2, 0) is 0 Å². The number of piperidine rings is 1. The largest absolute Gasteiger partial charge is 0.401 e. The monoisotopic (exact) mass is 336 g/mol. The third-order valence-corrected chi connectivity index (χ3v) is 3.91. The molecule has 1 rings (SSSR count). The second-order valence-corrected chi connectivity index (χ2v) is 6.79. The fraction of sp³-hybridized carbons (Fsp3) is 0.938. The van der Waals surface area contributed by atoms with E-state index in [1.54, 1.807) is 0 Å². The van der Waals surface area contributed by atoms with E-state index in [4.69, 9.17) is 0 Å². The van der Waals surface area contributed by atoms with Crippen LogP contribution < -0.4 is 5.32 Å². The Morgan fingerprint density at radius 3 is 2.39 bits per heavy atom. The number of likely N-dealkylation sites (tertiary alicyclic amines) is 1. The summed E-state index contributed by atoms with van der Waals surface area (Å²) in [6.07, 6.45) is -2.27. The summed E-state index contributed by atoms with van der Waals surface area (Å²) >= 11 is 0. The maximum atomic E-state index is 12.3. The Morgan fingerprint density at radius 1 is 1.26 bits per heavy atom. The first-order chi connectivity index (χ1) is 10.7. The van der Waals surface area contributed by atoms with E-state index < -0.39 is 12.7 Å². The van der Waals surface area contributed by atoms with E-state index in [1.165, 1.54) is 18.4 Å². The number of aliphatic imine (C=N–C) groups is 1. The number of guanidine groups is 1. The maximum absolute atomic E-state index is 12.3. The lowest BCUT2D eigenvalue weighted by atomic mass is 9.92. The molecule has 0 radical (unpaired) electrons. The highest BCUT2D eigenvalue weighted by atomic mass is 19.4. The number of alkyl halides is 3. The van der Waals surface area contributed by atoms with Gasteiger partial charge in [-0.3, -0.25) is 9.89 Å². The molecule has 0 aromatic rings.